The summed E-state index contributed by atoms with van der Waals surface area (Å²) in [6.07, 6.45) is 6.93. The van der Waals surface area contributed by atoms with Gasteiger partial charge in [-0.05, 0) is 50.8 Å². The summed E-state index contributed by atoms with van der Waals surface area (Å²) in [7, 11) is -3.71. The Morgan fingerprint density at radius 1 is 1.00 bits per heavy atom. The number of benzene rings is 2. The van der Waals surface area contributed by atoms with Crippen LogP contribution in [0.1, 0.15) is 50.2 Å². The van der Waals surface area contributed by atoms with Gasteiger partial charge >= 0.3 is 0 Å². The van der Waals surface area contributed by atoms with Gasteiger partial charge in [-0.15, -0.1) is 0 Å². The van der Waals surface area contributed by atoms with Crippen molar-refractivity contribution in [3.63, 3.8) is 0 Å². The summed E-state index contributed by atoms with van der Waals surface area (Å²) in [6.45, 7) is 3.58. The van der Waals surface area contributed by atoms with E-state index in [1.54, 1.807) is 19.1 Å². The molecule has 1 N–H and O–H groups in total. The van der Waals surface area contributed by atoms with Gasteiger partial charge in [-0.25, -0.2) is 8.42 Å². The number of carbonyl (C=O) groups is 2. The summed E-state index contributed by atoms with van der Waals surface area (Å²) in [5.74, 6) is -0.599. The van der Waals surface area contributed by atoms with Gasteiger partial charge in [0.05, 0.1) is 11.9 Å². The van der Waals surface area contributed by atoms with Gasteiger partial charge in [-0.1, -0.05) is 67.3 Å². The lowest BCUT2D eigenvalue weighted by Gasteiger charge is -2.33. The van der Waals surface area contributed by atoms with E-state index in [0.29, 0.717) is 18.7 Å². The lowest BCUT2D eigenvalue weighted by Crippen LogP contribution is -2.53. The molecule has 0 spiro atoms. The smallest absolute Gasteiger partial charge is 0.244 e. The molecule has 2 aromatic rings. The van der Waals surface area contributed by atoms with Gasteiger partial charge in [-0.2, -0.15) is 0 Å². The molecule has 1 saturated carbocycles. The summed E-state index contributed by atoms with van der Waals surface area (Å²) in [6, 6.07) is 16.2. The van der Waals surface area contributed by atoms with E-state index in [1.165, 1.54) is 11.3 Å². The average molecular weight is 500 g/mol. The van der Waals surface area contributed by atoms with E-state index in [2.05, 4.69) is 5.32 Å². The van der Waals surface area contributed by atoms with Crippen molar-refractivity contribution in [3.05, 3.63) is 65.7 Å². The van der Waals surface area contributed by atoms with E-state index >= 15 is 0 Å². The molecule has 0 radical (unpaired) electrons. The minimum atomic E-state index is -3.71. The molecule has 3 rings (SSSR count). The monoisotopic (exact) mass is 499 g/mol. The zero-order chi connectivity index (χ0) is 25.4. The van der Waals surface area contributed by atoms with Crippen molar-refractivity contribution in [2.45, 2.75) is 64.5 Å². The molecule has 190 valence electrons. The zero-order valence-electron chi connectivity index (χ0n) is 20.9. The minimum Gasteiger partial charge on any atom is -0.352 e. The van der Waals surface area contributed by atoms with Gasteiger partial charge < -0.3 is 10.2 Å². The summed E-state index contributed by atoms with van der Waals surface area (Å²) in [5, 5.41) is 3.11. The third kappa shape index (κ3) is 7.82. The maximum absolute atomic E-state index is 13.5. The zero-order valence-corrected chi connectivity index (χ0v) is 21.8. The maximum Gasteiger partial charge on any atom is 0.244 e. The van der Waals surface area contributed by atoms with E-state index in [9.17, 15) is 18.0 Å². The molecular weight excluding hydrogens is 462 g/mol. The number of hydrogen-bond acceptors (Lipinski definition) is 4. The van der Waals surface area contributed by atoms with Gasteiger partial charge in [-0.3, -0.25) is 13.9 Å². The molecule has 0 aliphatic heterocycles. The first-order valence-electron chi connectivity index (χ1n) is 12.3. The van der Waals surface area contributed by atoms with E-state index in [4.69, 9.17) is 0 Å². The predicted molar refractivity (Wildman–Crippen MR) is 140 cm³/mol. The average Bonchev–Trinajstić information content (AvgIpc) is 2.84. The molecule has 1 fully saturated rings. The Morgan fingerprint density at radius 3 is 2.23 bits per heavy atom. The quantitative estimate of drug-likeness (QED) is 0.540. The van der Waals surface area contributed by atoms with Crippen molar-refractivity contribution in [2.24, 2.45) is 0 Å². The fraction of sp³-hybridized carbons (Fsp3) is 0.481. The number of hydrogen-bond donors (Lipinski definition) is 1. The highest BCUT2D eigenvalue weighted by atomic mass is 32.2. The number of nitrogens with zero attached hydrogens (tertiary/aromatic N) is 2. The molecule has 8 heteroatoms. The van der Waals surface area contributed by atoms with Gasteiger partial charge in [0.25, 0.3) is 0 Å². The first-order chi connectivity index (χ1) is 16.6. The molecule has 0 bridgehead atoms. The molecule has 7 nitrogen and oxygen atoms in total. The van der Waals surface area contributed by atoms with E-state index in [1.807, 2.05) is 49.4 Å². The molecule has 1 aliphatic rings. The highest BCUT2D eigenvalue weighted by Crippen LogP contribution is 2.20. The van der Waals surface area contributed by atoms with Crippen molar-refractivity contribution in [1.29, 1.82) is 0 Å². The SMILES string of the molecule is Cc1ccc(N(CC(=O)N(CCc2ccccc2)C(C)C(=O)NC2CCCCC2)S(C)(=O)=O)cc1. The lowest BCUT2D eigenvalue weighted by molar-refractivity contribution is -0.139. The van der Waals surface area contributed by atoms with Crippen molar-refractivity contribution >= 4 is 27.5 Å². The normalized spacial score (nSPS) is 15.3. The Labute approximate surface area is 209 Å². The van der Waals surface area contributed by atoms with Gasteiger partial charge in [0.1, 0.15) is 12.6 Å². The molecule has 1 atom stereocenters. The van der Waals surface area contributed by atoms with Crippen LogP contribution in [0.15, 0.2) is 54.6 Å². The van der Waals surface area contributed by atoms with Crippen molar-refractivity contribution in [2.75, 3.05) is 23.7 Å². The van der Waals surface area contributed by atoms with Crippen LogP contribution in [-0.2, 0) is 26.0 Å². The number of rotatable bonds is 10. The number of aryl methyl sites for hydroxylation is 1. The lowest BCUT2D eigenvalue weighted by atomic mass is 9.95. The maximum atomic E-state index is 13.5. The van der Waals surface area contributed by atoms with E-state index in [-0.39, 0.29) is 18.5 Å². The van der Waals surface area contributed by atoms with E-state index < -0.39 is 22.0 Å². The largest absolute Gasteiger partial charge is 0.352 e. The second-order valence-electron chi connectivity index (χ2n) is 9.45. The van der Waals surface area contributed by atoms with Crippen molar-refractivity contribution in [1.82, 2.24) is 10.2 Å². The van der Waals surface area contributed by atoms with Crippen LogP contribution in [0.2, 0.25) is 0 Å². The van der Waals surface area contributed by atoms with Crippen LogP contribution in [-0.4, -0.2) is 56.6 Å². The summed E-state index contributed by atoms with van der Waals surface area (Å²) >= 11 is 0. The Bertz CT molecular complexity index is 1080. The molecule has 1 unspecified atom stereocenters. The van der Waals surface area contributed by atoms with E-state index in [0.717, 1.165) is 47.4 Å². The highest BCUT2D eigenvalue weighted by Gasteiger charge is 2.30. The standard InChI is InChI=1S/C27H37N3O4S/c1-21-14-16-25(17-15-21)30(35(3,33)34)20-26(31)29(19-18-23-10-6-4-7-11-23)22(2)27(32)28-24-12-8-5-9-13-24/h4,6-7,10-11,14-17,22,24H,5,8-9,12-13,18-20H2,1-3H3,(H,28,32). The highest BCUT2D eigenvalue weighted by molar-refractivity contribution is 7.92. The second kappa shape index (κ2) is 12.2. The number of amides is 2. The first kappa shape index (κ1) is 26.7. The number of carbonyl (C=O) groups excluding carboxylic acids is 2. The molecule has 0 aromatic heterocycles. The van der Waals surface area contributed by atoms with Crippen molar-refractivity contribution < 1.29 is 18.0 Å². The topological polar surface area (TPSA) is 86.8 Å². The predicted octanol–water partition coefficient (Wildman–Crippen LogP) is 3.67. The Balaban J connectivity index is 1.80. The fourth-order valence-electron chi connectivity index (χ4n) is 4.46. The Morgan fingerprint density at radius 2 is 1.63 bits per heavy atom. The number of sulfonamides is 1. The van der Waals surface area contributed by atoms with Crippen LogP contribution >= 0.6 is 0 Å². The van der Waals surface area contributed by atoms with Gasteiger partial charge in [0.15, 0.2) is 0 Å². The minimum absolute atomic E-state index is 0.129. The van der Waals surface area contributed by atoms with Gasteiger partial charge in [0.2, 0.25) is 21.8 Å². The van der Waals surface area contributed by atoms with Crippen molar-refractivity contribution in [3.8, 4) is 0 Å². The van der Waals surface area contributed by atoms with Crippen LogP contribution in [0.5, 0.6) is 0 Å². The Hall–Kier alpha value is -2.87. The third-order valence-corrected chi connectivity index (χ3v) is 7.74. The summed E-state index contributed by atoms with van der Waals surface area (Å²) in [4.78, 5) is 28.2. The summed E-state index contributed by atoms with van der Waals surface area (Å²) in [5.41, 5.74) is 2.46. The van der Waals surface area contributed by atoms with Crippen LogP contribution in [0.25, 0.3) is 0 Å². The second-order valence-corrected chi connectivity index (χ2v) is 11.4. The third-order valence-electron chi connectivity index (χ3n) is 6.60. The first-order valence-corrected chi connectivity index (χ1v) is 14.2. The van der Waals surface area contributed by atoms with Gasteiger partial charge in [0, 0.05) is 12.6 Å². The molecular formula is C27H37N3O4S. The van der Waals surface area contributed by atoms with Crippen LogP contribution in [0.4, 0.5) is 5.69 Å². The summed E-state index contributed by atoms with van der Waals surface area (Å²) < 4.78 is 26.3. The fourth-order valence-corrected chi connectivity index (χ4v) is 5.31. The number of nitrogens with one attached hydrogen (secondary N) is 1. The molecule has 0 heterocycles. The molecule has 1 aliphatic carbocycles. The molecule has 2 aromatic carbocycles. The molecule has 2 amide bonds. The number of anilines is 1. The van der Waals surface area contributed by atoms with Crippen LogP contribution in [0, 0.1) is 6.92 Å². The Kier molecular flexibility index (Phi) is 9.32. The van der Waals surface area contributed by atoms with Crippen LogP contribution in [0.3, 0.4) is 0 Å². The van der Waals surface area contributed by atoms with Crippen LogP contribution < -0.4 is 9.62 Å². The molecule has 0 saturated heterocycles. The molecule has 35 heavy (non-hydrogen) atoms.